The minimum atomic E-state index is -4.88. The summed E-state index contributed by atoms with van der Waals surface area (Å²) < 4.78 is 108. The Hall–Kier alpha value is -3.53. The van der Waals surface area contributed by atoms with Gasteiger partial charge in [0.05, 0.1) is 11.9 Å². The third-order valence-corrected chi connectivity index (χ3v) is 6.97. The van der Waals surface area contributed by atoms with Gasteiger partial charge in [-0.2, -0.15) is 17.9 Å². The Kier molecular flexibility index (Phi) is 6.28. The summed E-state index contributed by atoms with van der Waals surface area (Å²) >= 11 is 5.22. The van der Waals surface area contributed by atoms with Crippen molar-refractivity contribution >= 4 is 27.7 Å². The molecule has 0 saturated carbocycles. The van der Waals surface area contributed by atoms with Gasteiger partial charge in [0.15, 0.2) is 27.0 Å². The molecule has 8 nitrogen and oxygen atoms in total. The van der Waals surface area contributed by atoms with Crippen LogP contribution in [0.3, 0.4) is 0 Å². The van der Waals surface area contributed by atoms with Crippen LogP contribution in [0.4, 0.5) is 26.3 Å². The molecule has 0 aliphatic heterocycles. The van der Waals surface area contributed by atoms with Crippen LogP contribution in [-0.2, 0) is 16.0 Å². The van der Waals surface area contributed by atoms with Crippen LogP contribution in [0.5, 0.6) is 5.75 Å². The topological polar surface area (TPSA) is 91.4 Å². The van der Waals surface area contributed by atoms with Gasteiger partial charge in [-0.3, -0.25) is 4.40 Å². The van der Waals surface area contributed by atoms with Crippen LogP contribution in [0.25, 0.3) is 22.6 Å². The second-order valence-electron chi connectivity index (χ2n) is 7.21. The highest BCUT2D eigenvalue weighted by Crippen LogP contribution is 2.31. The van der Waals surface area contributed by atoms with Gasteiger partial charge in [-0.05, 0) is 36.0 Å². The summed E-state index contributed by atoms with van der Waals surface area (Å²) in [6.07, 6.45) is -6.93. The van der Waals surface area contributed by atoms with Crippen LogP contribution in [0.2, 0.25) is 0 Å². The molecule has 0 spiro atoms. The predicted molar refractivity (Wildman–Crippen MR) is 116 cm³/mol. The third kappa shape index (κ3) is 5.04. The number of pyridine rings is 1. The number of aromatic nitrogens is 5. The lowest BCUT2D eigenvalue weighted by molar-refractivity contribution is -0.274. The van der Waals surface area contributed by atoms with Gasteiger partial charge in [-0.1, -0.05) is 19.1 Å². The zero-order chi connectivity index (χ0) is 26.5. The van der Waals surface area contributed by atoms with E-state index >= 15 is 0 Å². The molecule has 0 bridgehead atoms. The minimum absolute atomic E-state index is 0.0843. The van der Waals surface area contributed by atoms with Crippen LogP contribution in [0.1, 0.15) is 12.6 Å². The van der Waals surface area contributed by atoms with Crippen LogP contribution >= 0.6 is 12.2 Å². The second kappa shape index (κ2) is 8.85. The van der Waals surface area contributed by atoms with Crippen LogP contribution in [0, 0.1) is 4.77 Å². The van der Waals surface area contributed by atoms with Crippen LogP contribution in [0.15, 0.2) is 53.8 Å². The highest BCUT2D eigenvalue weighted by atomic mass is 32.2. The number of sulfone groups is 1. The van der Waals surface area contributed by atoms with Gasteiger partial charge >= 0.3 is 12.5 Å². The summed E-state index contributed by atoms with van der Waals surface area (Å²) in [6.45, 7) is 1.37. The summed E-state index contributed by atoms with van der Waals surface area (Å²) in [5.74, 6) is -1.09. The zero-order valence-corrected chi connectivity index (χ0v) is 19.5. The number of fused-ring (bicyclic) bond motifs is 1. The van der Waals surface area contributed by atoms with Crippen LogP contribution < -0.4 is 4.74 Å². The first-order valence-electron chi connectivity index (χ1n) is 9.83. The molecule has 36 heavy (non-hydrogen) atoms. The molecule has 4 aromatic rings. The van der Waals surface area contributed by atoms with Gasteiger partial charge in [0.2, 0.25) is 4.77 Å². The fourth-order valence-electron chi connectivity index (χ4n) is 3.16. The number of benzene rings is 1. The van der Waals surface area contributed by atoms with Gasteiger partial charge in [-0.25, -0.2) is 18.4 Å². The standard InChI is InChI=1S/C20H13F6N5O3S2/c1-2-36(32,33)14-7-12(11-3-5-13(6-4-11)34-20(24,25)26)8-28-17(14)31-18(35)30-10-15(19(21,22)23)27-9-16(30)29-31/h3-10H,2H2,1H3. The number of nitrogens with zero attached hydrogens (tertiary/aromatic N) is 5. The lowest BCUT2D eigenvalue weighted by atomic mass is 10.1. The van der Waals surface area contributed by atoms with Crippen molar-refractivity contribution in [1.29, 1.82) is 0 Å². The average molecular weight is 549 g/mol. The molecule has 0 unspecified atom stereocenters. The molecule has 0 N–H and O–H groups in total. The van der Waals surface area contributed by atoms with E-state index in [1.807, 2.05) is 0 Å². The van der Waals surface area contributed by atoms with E-state index in [2.05, 4.69) is 19.8 Å². The van der Waals surface area contributed by atoms with Gasteiger partial charge in [0, 0.05) is 18.0 Å². The lowest BCUT2D eigenvalue weighted by Crippen LogP contribution is -2.16. The minimum Gasteiger partial charge on any atom is -0.406 e. The largest absolute Gasteiger partial charge is 0.573 e. The molecule has 0 aliphatic carbocycles. The fourth-order valence-corrected chi connectivity index (χ4v) is 4.47. The Morgan fingerprint density at radius 3 is 2.25 bits per heavy atom. The summed E-state index contributed by atoms with van der Waals surface area (Å²) in [6, 6.07) is 5.89. The predicted octanol–water partition coefficient (Wildman–Crippen LogP) is 5.02. The number of alkyl halides is 6. The van der Waals surface area contributed by atoms with Crippen LogP contribution in [-0.4, -0.2) is 44.7 Å². The number of rotatable bonds is 5. The Morgan fingerprint density at radius 1 is 1.00 bits per heavy atom. The molecule has 0 amide bonds. The number of hydrogen-bond donors (Lipinski definition) is 0. The average Bonchev–Trinajstić information content (AvgIpc) is 3.13. The maximum atomic E-state index is 13.1. The van der Waals surface area contributed by atoms with Crippen molar-refractivity contribution in [1.82, 2.24) is 24.1 Å². The maximum Gasteiger partial charge on any atom is 0.573 e. The molecular formula is C20H13F6N5O3S2. The second-order valence-corrected chi connectivity index (χ2v) is 9.83. The smallest absolute Gasteiger partial charge is 0.406 e. The lowest BCUT2D eigenvalue weighted by Gasteiger charge is -2.12. The van der Waals surface area contributed by atoms with Crippen molar-refractivity contribution in [2.75, 3.05) is 5.75 Å². The molecular weight excluding hydrogens is 536 g/mol. The Bertz CT molecular complexity index is 1610. The molecule has 0 fully saturated rings. The summed E-state index contributed by atoms with van der Waals surface area (Å²) in [7, 11) is -3.97. The Balaban J connectivity index is 1.85. The zero-order valence-electron chi connectivity index (χ0n) is 17.9. The molecule has 0 radical (unpaired) electrons. The van der Waals surface area contributed by atoms with Crippen molar-refractivity contribution in [3.63, 3.8) is 0 Å². The van der Waals surface area contributed by atoms with Crippen molar-refractivity contribution in [2.45, 2.75) is 24.4 Å². The molecule has 1 aromatic carbocycles. The Labute approximate surface area is 203 Å². The number of hydrogen-bond acceptors (Lipinski definition) is 7. The first-order chi connectivity index (χ1) is 16.7. The van der Waals surface area contributed by atoms with Gasteiger partial charge < -0.3 is 4.74 Å². The molecule has 16 heteroatoms. The van der Waals surface area contributed by atoms with Gasteiger partial charge in [0.25, 0.3) is 0 Å². The summed E-state index contributed by atoms with van der Waals surface area (Å²) in [5.41, 5.74) is -0.748. The van der Waals surface area contributed by atoms with Gasteiger partial charge in [-0.15, -0.1) is 18.3 Å². The van der Waals surface area contributed by atoms with E-state index < -0.39 is 33.8 Å². The highest BCUT2D eigenvalue weighted by Gasteiger charge is 2.33. The first-order valence-corrected chi connectivity index (χ1v) is 11.9. The Morgan fingerprint density at radius 2 is 1.67 bits per heavy atom. The maximum absolute atomic E-state index is 13.1. The molecule has 3 aromatic heterocycles. The summed E-state index contributed by atoms with van der Waals surface area (Å²) in [5, 5.41) is 4.06. The number of halogens is 6. The normalized spacial score (nSPS) is 12.8. The summed E-state index contributed by atoms with van der Waals surface area (Å²) in [4.78, 5) is 7.11. The fraction of sp³-hybridized carbons (Fsp3) is 0.200. The van der Waals surface area contributed by atoms with Crippen molar-refractivity contribution in [3.8, 4) is 22.7 Å². The molecule has 0 atom stereocenters. The molecule has 4 rings (SSSR count). The van der Waals surface area contributed by atoms with E-state index in [0.717, 1.165) is 27.4 Å². The van der Waals surface area contributed by atoms with E-state index in [0.29, 0.717) is 11.8 Å². The first kappa shape index (κ1) is 25.6. The van der Waals surface area contributed by atoms with E-state index in [9.17, 15) is 34.8 Å². The monoisotopic (exact) mass is 549 g/mol. The van der Waals surface area contributed by atoms with Gasteiger partial charge in [0.1, 0.15) is 10.6 Å². The van der Waals surface area contributed by atoms with Crippen molar-refractivity contribution in [3.05, 3.63) is 59.4 Å². The highest BCUT2D eigenvalue weighted by molar-refractivity contribution is 7.91. The molecule has 3 heterocycles. The SMILES string of the molecule is CCS(=O)(=O)c1cc(-c2ccc(OC(F)(F)F)cc2)cnc1-n1nc2cnc(C(F)(F)F)cn2c1=S. The quantitative estimate of drug-likeness (QED) is 0.255. The van der Waals surface area contributed by atoms with E-state index in [1.54, 1.807) is 0 Å². The number of ether oxygens (including phenoxy) is 1. The van der Waals surface area contributed by atoms with Crippen molar-refractivity contribution < 1.29 is 39.5 Å². The molecule has 0 saturated heterocycles. The molecule has 0 aliphatic rings. The van der Waals surface area contributed by atoms with E-state index in [4.69, 9.17) is 12.2 Å². The van der Waals surface area contributed by atoms with Crippen molar-refractivity contribution in [2.24, 2.45) is 0 Å². The molecule has 190 valence electrons. The van der Waals surface area contributed by atoms with E-state index in [1.165, 1.54) is 31.3 Å². The van der Waals surface area contributed by atoms with E-state index in [-0.39, 0.29) is 32.4 Å². The third-order valence-electron chi connectivity index (χ3n) is 4.87.